The van der Waals surface area contributed by atoms with Crippen LogP contribution >= 0.6 is 0 Å². The van der Waals surface area contributed by atoms with Crippen LogP contribution in [-0.4, -0.2) is 12.6 Å². The molecular weight excluding hydrogens is 260 g/mol. The predicted molar refractivity (Wildman–Crippen MR) is 93.7 cm³/mol. The van der Waals surface area contributed by atoms with E-state index in [-0.39, 0.29) is 5.97 Å². The van der Waals surface area contributed by atoms with E-state index in [1.165, 1.54) is 57.8 Å². The Kier molecular flexibility index (Phi) is 23.6. The summed E-state index contributed by atoms with van der Waals surface area (Å²) in [6.07, 6.45) is 16.5. The van der Waals surface area contributed by atoms with Gasteiger partial charge in [0.15, 0.2) is 0 Å². The third-order valence-electron chi connectivity index (χ3n) is 3.42. The van der Waals surface area contributed by atoms with Gasteiger partial charge in [-0.1, -0.05) is 91.9 Å². The Morgan fingerprint density at radius 3 is 1.43 bits per heavy atom. The second kappa shape index (κ2) is 21.8. The molecule has 21 heavy (non-hydrogen) atoms. The Hall–Kier alpha value is -0.530. The Morgan fingerprint density at radius 2 is 1.05 bits per heavy atom. The lowest BCUT2D eigenvalue weighted by Gasteiger charge is -2.00. The van der Waals surface area contributed by atoms with Crippen LogP contribution in [0.2, 0.25) is 0 Å². The summed E-state index contributed by atoms with van der Waals surface area (Å²) in [6, 6.07) is 0. The normalized spacial score (nSPS) is 9.90. The van der Waals surface area contributed by atoms with Crippen LogP contribution in [0.1, 0.15) is 111 Å². The molecule has 0 aliphatic heterocycles. The van der Waals surface area contributed by atoms with Gasteiger partial charge in [-0.05, 0) is 12.8 Å². The monoisotopic (exact) mass is 300 g/mol. The summed E-state index contributed by atoms with van der Waals surface area (Å²) in [6.45, 7) is 9.19. The standard InChI is InChI=1S/C11H24.C8H16O2/c1-3-5-7-9-11-10-8-6-4-2;1-3-5-7-10-8(9)6-4-2/h3-11H2,1-2H3;3-7H2,1-2H3. The molecule has 0 unspecified atom stereocenters. The van der Waals surface area contributed by atoms with Crippen molar-refractivity contribution in [2.24, 2.45) is 0 Å². The van der Waals surface area contributed by atoms with Crippen LogP contribution in [0.5, 0.6) is 0 Å². The van der Waals surface area contributed by atoms with E-state index >= 15 is 0 Å². The van der Waals surface area contributed by atoms with Crippen LogP contribution in [0.3, 0.4) is 0 Å². The van der Waals surface area contributed by atoms with E-state index in [0.717, 1.165) is 19.3 Å². The fourth-order valence-electron chi connectivity index (χ4n) is 1.99. The lowest BCUT2D eigenvalue weighted by atomic mass is 10.1. The van der Waals surface area contributed by atoms with Gasteiger partial charge in [0.1, 0.15) is 0 Å². The molecule has 2 heteroatoms. The fourth-order valence-corrected chi connectivity index (χ4v) is 1.99. The SMILES string of the molecule is CCCCCCCCCCC.CCCCOC(=O)CCC. The molecule has 2 nitrogen and oxygen atoms in total. The van der Waals surface area contributed by atoms with Gasteiger partial charge < -0.3 is 4.74 Å². The van der Waals surface area contributed by atoms with Crippen molar-refractivity contribution in [2.75, 3.05) is 6.61 Å². The van der Waals surface area contributed by atoms with Crippen molar-refractivity contribution in [2.45, 2.75) is 111 Å². The van der Waals surface area contributed by atoms with Crippen molar-refractivity contribution in [3.05, 3.63) is 0 Å². The summed E-state index contributed by atoms with van der Waals surface area (Å²) in [5, 5.41) is 0. The van der Waals surface area contributed by atoms with Crippen molar-refractivity contribution in [3.63, 3.8) is 0 Å². The highest BCUT2D eigenvalue weighted by Gasteiger charge is 1.97. The van der Waals surface area contributed by atoms with Gasteiger partial charge in [0.25, 0.3) is 0 Å². The van der Waals surface area contributed by atoms with E-state index < -0.39 is 0 Å². The number of carbonyl (C=O) groups excluding carboxylic acids is 1. The molecule has 0 aromatic heterocycles. The molecule has 128 valence electrons. The highest BCUT2D eigenvalue weighted by Crippen LogP contribution is 2.08. The van der Waals surface area contributed by atoms with Gasteiger partial charge in [-0.3, -0.25) is 4.79 Å². The van der Waals surface area contributed by atoms with Crippen molar-refractivity contribution in [1.82, 2.24) is 0 Å². The van der Waals surface area contributed by atoms with Crippen LogP contribution in [0.4, 0.5) is 0 Å². The van der Waals surface area contributed by atoms with Crippen molar-refractivity contribution in [1.29, 1.82) is 0 Å². The van der Waals surface area contributed by atoms with E-state index in [4.69, 9.17) is 4.74 Å². The lowest BCUT2D eigenvalue weighted by molar-refractivity contribution is -0.143. The van der Waals surface area contributed by atoms with Crippen molar-refractivity contribution in [3.8, 4) is 0 Å². The first-order chi connectivity index (χ1) is 10.2. The Labute approximate surface area is 134 Å². The molecule has 0 spiro atoms. The van der Waals surface area contributed by atoms with Gasteiger partial charge in [-0.15, -0.1) is 0 Å². The number of carbonyl (C=O) groups is 1. The maximum absolute atomic E-state index is 10.7. The third-order valence-corrected chi connectivity index (χ3v) is 3.42. The average Bonchev–Trinajstić information content (AvgIpc) is 2.48. The number of rotatable bonds is 13. The summed E-state index contributed by atoms with van der Waals surface area (Å²) < 4.78 is 4.88. The largest absolute Gasteiger partial charge is 0.466 e. The number of unbranched alkanes of at least 4 members (excludes halogenated alkanes) is 9. The zero-order valence-electron chi connectivity index (χ0n) is 15.2. The lowest BCUT2D eigenvalue weighted by Crippen LogP contribution is -2.04. The average molecular weight is 301 g/mol. The Morgan fingerprint density at radius 1 is 0.619 bits per heavy atom. The molecule has 0 saturated carbocycles. The number of esters is 1. The number of hydrogen-bond donors (Lipinski definition) is 0. The molecule has 0 bridgehead atoms. The van der Waals surface area contributed by atoms with Crippen LogP contribution in [0.15, 0.2) is 0 Å². The Balaban J connectivity index is 0. The van der Waals surface area contributed by atoms with Gasteiger partial charge in [0.05, 0.1) is 6.61 Å². The van der Waals surface area contributed by atoms with E-state index in [1.807, 2.05) is 6.92 Å². The first-order valence-electron chi connectivity index (χ1n) is 9.38. The first-order valence-corrected chi connectivity index (χ1v) is 9.38. The van der Waals surface area contributed by atoms with Gasteiger partial charge in [-0.2, -0.15) is 0 Å². The van der Waals surface area contributed by atoms with Crippen LogP contribution < -0.4 is 0 Å². The van der Waals surface area contributed by atoms with Crippen molar-refractivity contribution >= 4 is 5.97 Å². The molecule has 0 aliphatic rings. The van der Waals surface area contributed by atoms with Gasteiger partial charge >= 0.3 is 5.97 Å². The molecule has 0 aromatic rings. The molecule has 0 saturated heterocycles. The van der Waals surface area contributed by atoms with E-state index in [2.05, 4.69) is 20.8 Å². The summed E-state index contributed by atoms with van der Waals surface area (Å²) in [4.78, 5) is 10.7. The van der Waals surface area contributed by atoms with E-state index in [0.29, 0.717) is 13.0 Å². The maximum atomic E-state index is 10.7. The van der Waals surface area contributed by atoms with E-state index in [9.17, 15) is 4.79 Å². The summed E-state index contributed by atoms with van der Waals surface area (Å²) in [5.41, 5.74) is 0. The molecule has 0 heterocycles. The minimum absolute atomic E-state index is 0.0593. The summed E-state index contributed by atoms with van der Waals surface area (Å²) in [7, 11) is 0. The maximum Gasteiger partial charge on any atom is 0.305 e. The third kappa shape index (κ3) is 24.8. The van der Waals surface area contributed by atoms with Crippen LogP contribution in [0, 0.1) is 0 Å². The predicted octanol–water partition coefficient (Wildman–Crippen LogP) is 6.67. The molecule has 0 rings (SSSR count). The van der Waals surface area contributed by atoms with Gasteiger partial charge in [-0.25, -0.2) is 0 Å². The highest BCUT2D eigenvalue weighted by molar-refractivity contribution is 5.69. The molecule has 0 N–H and O–H groups in total. The quantitative estimate of drug-likeness (QED) is 0.280. The molecule has 0 aromatic carbocycles. The minimum atomic E-state index is -0.0593. The molecule has 0 aliphatic carbocycles. The molecule has 0 atom stereocenters. The minimum Gasteiger partial charge on any atom is -0.466 e. The van der Waals surface area contributed by atoms with Gasteiger partial charge in [0, 0.05) is 6.42 Å². The van der Waals surface area contributed by atoms with E-state index in [1.54, 1.807) is 0 Å². The van der Waals surface area contributed by atoms with Crippen LogP contribution in [0.25, 0.3) is 0 Å². The van der Waals surface area contributed by atoms with Gasteiger partial charge in [0.2, 0.25) is 0 Å². The molecule has 0 fully saturated rings. The second-order valence-electron chi connectivity index (χ2n) is 5.80. The summed E-state index contributed by atoms with van der Waals surface area (Å²) >= 11 is 0. The highest BCUT2D eigenvalue weighted by atomic mass is 16.5. The first kappa shape index (κ1) is 22.7. The van der Waals surface area contributed by atoms with Crippen LogP contribution in [-0.2, 0) is 9.53 Å². The zero-order chi connectivity index (χ0) is 16.2. The topological polar surface area (TPSA) is 26.3 Å². The number of ether oxygens (including phenoxy) is 1. The Bertz CT molecular complexity index is 182. The zero-order valence-corrected chi connectivity index (χ0v) is 15.2. The molecule has 0 amide bonds. The van der Waals surface area contributed by atoms with Crippen molar-refractivity contribution < 1.29 is 9.53 Å². The fraction of sp³-hybridized carbons (Fsp3) is 0.947. The second-order valence-corrected chi connectivity index (χ2v) is 5.80. The smallest absolute Gasteiger partial charge is 0.305 e. The molecular formula is C19H40O2. The number of hydrogen-bond acceptors (Lipinski definition) is 2. The summed E-state index contributed by atoms with van der Waals surface area (Å²) in [5.74, 6) is -0.0593. The molecule has 0 radical (unpaired) electrons.